The van der Waals surface area contributed by atoms with Crippen molar-refractivity contribution in [2.75, 3.05) is 6.61 Å². The van der Waals surface area contributed by atoms with Gasteiger partial charge in [-0.25, -0.2) is 22.4 Å². The lowest BCUT2D eigenvalue weighted by molar-refractivity contribution is -0.141. The van der Waals surface area contributed by atoms with Crippen LogP contribution in [-0.2, 0) is 20.9 Å². The van der Waals surface area contributed by atoms with Crippen molar-refractivity contribution in [3.63, 3.8) is 0 Å². The van der Waals surface area contributed by atoms with Gasteiger partial charge in [0.1, 0.15) is 11.6 Å². The quantitative estimate of drug-likeness (QED) is 0.448. The van der Waals surface area contributed by atoms with Crippen LogP contribution in [0.4, 0.5) is 17.6 Å². The number of carbonyl (C=O) groups excluding carboxylic acids is 2. The van der Waals surface area contributed by atoms with E-state index in [0.29, 0.717) is 6.07 Å². The van der Waals surface area contributed by atoms with Crippen molar-refractivity contribution in [2.45, 2.75) is 39.7 Å². The highest BCUT2D eigenvalue weighted by Gasteiger charge is 2.38. The minimum atomic E-state index is -1.09. The monoisotopic (exact) mass is 449 g/mol. The molecule has 2 aromatic rings. The molecule has 1 atom stereocenters. The van der Waals surface area contributed by atoms with Crippen molar-refractivity contribution in [3.8, 4) is 0 Å². The fourth-order valence-corrected chi connectivity index (χ4v) is 3.68. The highest BCUT2D eigenvalue weighted by atomic mass is 19.2. The van der Waals surface area contributed by atoms with Crippen molar-refractivity contribution < 1.29 is 31.9 Å². The number of hydrogen-bond donors (Lipinski definition) is 0. The van der Waals surface area contributed by atoms with Gasteiger partial charge >= 0.3 is 5.97 Å². The minimum absolute atomic E-state index is 0.0209. The maximum atomic E-state index is 14.6. The first kappa shape index (κ1) is 23.5. The number of ether oxygens (including phenoxy) is 1. The number of rotatable bonds is 6. The predicted molar refractivity (Wildman–Crippen MR) is 109 cm³/mol. The van der Waals surface area contributed by atoms with Crippen LogP contribution in [0, 0.1) is 29.2 Å². The van der Waals surface area contributed by atoms with E-state index in [9.17, 15) is 27.2 Å². The van der Waals surface area contributed by atoms with Crippen LogP contribution in [-0.4, -0.2) is 23.4 Å². The molecule has 0 unspecified atom stereocenters. The molecule has 1 amide bonds. The Morgan fingerprint density at radius 2 is 1.84 bits per heavy atom. The Bertz CT molecular complexity index is 1080. The second-order valence-electron chi connectivity index (χ2n) is 8.11. The first-order valence-corrected chi connectivity index (χ1v) is 10.2. The van der Waals surface area contributed by atoms with E-state index < -0.39 is 41.1 Å². The van der Waals surface area contributed by atoms with E-state index in [1.54, 1.807) is 0 Å². The van der Waals surface area contributed by atoms with E-state index in [-0.39, 0.29) is 47.9 Å². The number of benzene rings is 2. The molecule has 0 saturated carbocycles. The zero-order chi connectivity index (χ0) is 23.6. The second kappa shape index (κ2) is 9.54. The maximum absolute atomic E-state index is 14.6. The van der Waals surface area contributed by atoms with Gasteiger partial charge in [0.2, 0.25) is 5.91 Å². The van der Waals surface area contributed by atoms with Crippen LogP contribution in [0.1, 0.15) is 44.2 Å². The fourth-order valence-electron chi connectivity index (χ4n) is 3.68. The summed E-state index contributed by atoms with van der Waals surface area (Å²) in [4.78, 5) is 27.0. The summed E-state index contributed by atoms with van der Waals surface area (Å²) in [5.74, 6) is -6.07. The molecule has 0 saturated heterocycles. The topological polar surface area (TPSA) is 46.6 Å². The first-order valence-electron chi connectivity index (χ1n) is 10.2. The van der Waals surface area contributed by atoms with Gasteiger partial charge in [0, 0.05) is 29.7 Å². The van der Waals surface area contributed by atoms with Crippen molar-refractivity contribution >= 4 is 11.9 Å². The summed E-state index contributed by atoms with van der Waals surface area (Å²) in [7, 11) is 0. The lowest BCUT2D eigenvalue weighted by Crippen LogP contribution is -2.38. The molecule has 8 heteroatoms. The van der Waals surface area contributed by atoms with Crippen LogP contribution in [0.2, 0.25) is 0 Å². The minimum Gasteiger partial charge on any atom is -0.462 e. The normalized spacial score (nSPS) is 16.7. The van der Waals surface area contributed by atoms with Gasteiger partial charge in [-0.1, -0.05) is 32.0 Å². The molecule has 1 aliphatic rings. The molecule has 32 heavy (non-hydrogen) atoms. The summed E-state index contributed by atoms with van der Waals surface area (Å²) in [5.41, 5.74) is 0.0751. The third-order valence-corrected chi connectivity index (χ3v) is 5.29. The van der Waals surface area contributed by atoms with Crippen LogP contribution in [0.3, 0.4) is 0 Å². The smallest absolute Gasteiger partial charge is 0.336 e. The van der Waals surface area contributed by atoms with Gasteiger partial charge < -0.3 is 9.64 Å². The van der Waals surface area contributed by atoms with Gasteiger partial charge in [-0.2, -0.15) is 0 Å². The molecule has 3 rings (SSSR count). The van der Waals surface area contributed by atoms with E-state index in [1.807, 2.05) is 13.8 Å². The summed E-state index contributed by atoms with van der Waals surface area (Å²) < 4.78 is 61.1. The molecule has 1 aliphatic heterocycles. The number of esters is 1. The van der Waals surface area contributed by atoms with Crippen molar-refractivity contribution in [1.82, 2.24) is 4.90 Å². The third kappa shape index (κ3) is 4.84. The predicted octanol–water partition coefficient (Wildman–Crippen LogP) is 5.23. The van der Waals surface area contributed by atoms with Gasteiger partial charge in [0.05, 0.1) is 18.7 Å². The Hall–Kier alpha value is -3.16. The Morgan fingerprint density at radius 1 is 1.12 bits per heavy atom. The molecule has 0 radical (unpaired) electrons. The Labute approximate surface area is 183 Å². The third-order valence-electron chi connectivity index (χ3n) is 5.29. The highest BCUT2D eigenvalue weighted by molar-refractivity contribution is 5.95. The van der Waals surface area contributed by atoms with E-state index >= 15 is 0 Å². The number of hydrogen-bond acceptors (Lipinski definition) is 3. The molecule has 0 aromatic heterocycles. The summed E-state index contributed by atoms with van der Waals surface area (Å²) in [5, 5.41) is 0. The molecule has 2 aromatic carbocycles. The van der Waals surface area contributed by atoms with Gasteiger partial charge in [0.15, 0.2) is 11.6 Å². The lowest BCUT2D eigenvalue weighted by atomic mass is 9.83. The molecule has 4 nitrogen and oxygen atoms in total. The van der Waals surface area contributed by atoms with Crippen molar-refractivity contribution in [1.29, 1.82) is 0 Å². The molecular weight excluding hydrogens is 426 g/mol. The number of amides is 1. The molecule has 0 N–H and O–H groups in total. The van der Waals surface area contributed by atoms with Gasteiger partial charge in [-0.15, -0.1) is 0 Å². The Kier molecular flexibility index (Phi) is 7.01. The van der Waals surface area contributed by atoms with Crippen molar-refractivity contribution in [3.05, 3.63) is 82.1 Å². The van der Waals surface area contributed by atoms with Gasteiger partial charge in [-0.3, -0.25) is 4.79 Å². The van der Waals surface area contributed by atoms with E-state index in [4.69, 9.17) is 4.74 Å². The standard InChI is InChI=1S/C24H23F4NO3/c1-13(2)12-32-24(31)22-14(3)29(11-15-5-4-6-19(26)23(15)28)21(30)10-18(22)17-8-7-16(25)9-20(17)27/h4-9,13,18H,10-12H2,1-3H3/t18-/m0/s1. The molecule has 0 fully saturated rings. The van der Waals surface area contributed by atoms with Crippen LogP contribution in [0.15, 0.2) is 47.7 Å². The summed E-state index contributed by atoms with van der Waals surface area (Å²) in [6.07, 6.45) is -0.317. The Morgan fingerprint density at radius 3 is 2.50 bits per heavy atom. The number of halogens is 4. The largest absolute Gasteiger partial charge is 0.462 e. The summed E-state index contributed by atoms with van der Waals surface area (Å²) >= 11 is 0. The average molecular weight is 449 g/mol. The fraction of sp³-hybridized carbons (Fsp3) is 0.333. The zero-order valence-electron chi connectivity index (χ0n) is 17.9. The van der Waals surface area contributed by atoms with Crippen LogP contribution in [0.5, 0.6) is 0 Å². The highest BCUT2D eigenvalue weighted by Crippen LogP contribution is 2.39. The molecular formula is C24H23F4NO3. The molecule has 170 valence electrons. The van der Waals surface area contributed by atoms with E-state index in [0.717, 1.165) is 17.0 Å². The van der Waals surface area contributed by atoms with Crippen LogP contribution >= 0.6 is 0 Å². The van der Waals surface area contributed by atoms with E-state index in [1.165, 1.54) is 25.1 Å². The lowest BCUT2D eigenvalue weighted by Gasteiger charge is -2.34. The summed E-state index contributed by atoms with van der Waals surface area (Å²) in [6.45, 7) is 4.94. The number of nitrogens with zero attached hydrogens (tertiary/aromatic N) is 1. The SMILES string of the molecule is CC1=C(C(=O)OCC(C)C)[C@H](c2ccc(F)cc2F)CC(=O)N1Cc1cccc(F)c1F. The van der Waals surface area contributed by atoms with Crippen LogP contribution < -0.4 is 0 Å². The maximum Gasteiger partial charge on any atom is 0.336 e. The molecule has 0 bridgehead atoms. The number of allylic oxidation sites excluding steroid dienone is 1. The molecule has 0 spiro atoms. The second-order valence-corrected chi connectivity index (χ2v) is 8.11. The average Bonchev–Trinajstić information content (AvgIpc) is 2.72. The number of carbonyl (C=O) groups is 2. The summed E-state index contributed by atoms with van der Waals surface area (Å²) in [6, 6.07) is 6.52. The van der Waals surface area contributed by atoms with E-state index in [2.05, 4.69) is 0 Å². The van der Waals surface area contributed by atoms with Gasteiger partial charge in [0.25, 0.3) is 0 Å². The van der Waals surface area contributed by atoms with Crippen LogP contribution in [0.25, 0.3) is 0 Å². The molecule has 0 aliphatic carbocycles. The van der Waals surface area contributed by atoms with Crippen molar-refractivity contribution in [2.24, 2.45) is 5.92 Å². The first-order chi connectivity index (χ1) is 15.1. The Balaban J connectivity index is 2.07. The van der Waals surface area contributed by atoms with Gasteiger partial charge in [-0.05, 0) is 30.5 Å². The zero-order valence-corrected chi connectivity index (χ0v) is 17.9. The molecule has 1 heterocycles.